The number of piperazine rings is 1. The molecule has 0 unspecified atom stereocenters. The predicted molar refractivity (Wildman–Crippen MR) is 138 cm³/mol. The first-order valence-corrected chi connectivity index (χ1v) is 12.5. The second-order valence-corrected chi connectivity index (χ2v) is 9.67. The van der Waals surface area contributed by atoms with E-state index in [1.54, 1.807) is 0 Å². The van der Waals surface area contributed by atoms with Gasteiger partial charge < -0.3 is 24.0 Å². The molecule has 188 valence electrons. The van der Waals surface area contributed by atoms with Crippen LogP contribution in [0.1, 0.15) is 26.3 Å². The summed E-state index contributed by atoms with van der Waals surface area (Å²) in [7, 11) is 0. The molecule has 2 aromatic carbocycles. The lowest BCUT2D eigenvalue weighted by Crippen LogP contribution is -2.50. The van der Waals surface area contributed by atoms with E-state index in [9.17, 15) is 4.79 Å². The number of anilines is 1. The van der Waals surface area contributed by atoms with E-state index in [0.29, 0.717) is 38.5 Å². The van der Waals surface area contributed by atoms with Crippen LogP contribution in [0.4, 0.5) is 5.82 Å². The third-order valence-electron chi connectivity index (χ3n) is 6.47. The number of hydrogen-bond acceptors (Lipinski definition) is 7. The van der Waals surface area contributed by atoms with Crippen molar-refractivity contribution in [1.29, 1.82) is 0 Å². The average Bonchev–Trinajstić information content (AvgIpc) is 3.22. The minimum Gasteiger partial charge on any atom is -0.494 e. The molecule has 1 amide bonds. The summed E-state index contributed by atoms with van der Waals surface area (Å²) in [5, 5.41) is 8.84. The maximum absolute atomic E-state index is 12.8. The predicted octanol–water partition coefficient (Wildman–Crippen LogP) is 3.98. The molecule has 0 spiro atoms. The third-order valence-corrected chi connectivity index (χ3v) is 6.47. The van der Waals surface area contributed by atoms with Crippen molar-refractivity contribution in [1.82, 2.24) is 15.1 Å². The van der Waals surface area contributed by atoms with Crippen LogP contribution >= 0.6 is 0 Å². The summed E-state index contributed by atoms with van der Waals surface area (Å²) in [6, 6.07) is 17.7. The molecular formula is C28H32N4O4. The molecule has 1 fully saturated rings. The van der Waals surface area contributed by atoms with E-state index in [0.717, 1.165) is 40.6 Å². The average molecular weight is 489 g/mol. The van der Waals surface area contributed by atoms with Crippen LogP contribution in [0.2, 0.25) is 0 Å². The first kappa shape index (κ1) is 23.9. The van der Waals surface area contributed by atoms with Gasteiger partial charge in [0, 0.05) is 43.7 Å². The topological polar surface area (TPSA) is 77.0 Å². The van der Waals surface area contributed by atoms with Gasteiger partial charge in [-0.2, -0.15) is 0 Å². The highest BCUT2D eigenvalue weighted by atomic mass is 16.5. The summed E-state index contributed by atoms with van der Waals surface area (Å²) in [6.07, 6.45) is 0.833. The molecule has 0 radical (unpaired) electrons. The lowest BCUT2D eigenvalue weighted by atomic mass is 10.0. The van der Waals surface area contributed by atoms with Crippen LogP contribution in [0.5, 0.6) is 17.2 Å². The highest BCUT2D eigenvalue weighted by Crippen LogP contribution is 2.41. The van der Waals surface area contributed by atoms with E-state index in [-0.39, 0.29) is 18.1 Å². The number of rotatable bonds is 7. The smallest absolute Gasteiger partial charge is 0.260 e. The Kier molecular flexibility index (Phi) is 6.67. The molecule has 0 atom stereocenters. The van der Waals surface area contributed by atoms with E-state index in [2.05, 4.69) is 28.9 Å². The number of ether oxygens (including phenoxy) is 3. The highest BCUT2D eigenvalue weighted by molar-refractivity contribution is 5.78. The molecule has 5 rings (SSSR count). The van der Waals surface area contributed by atoms with Crippen molar-refractivity contribution in [3.8, 4) is 28.5 Å². The van der Waals surface area contributed by atoms with E-state index in [1.165, 1.54) is 0 Å². The molecule has 0 bridgehead atoms. The minimum absolute atomic E-state index is 0.00314. The van der Waals surface area contributed by atoms with Crippen LogP contribution < -0.4 is 19.1 Å². The van der Waals surface area contributed by atoms with Crippen molar-refractivity contribution in [3.63, 3.8) is 0 Å². The van der Waals surface area contributed by atoms with Gasteiger partial charge in [-0.25, -0.2) is 0 Å². The Labute approximate surface area is 211 Å². The molecule has 8 heteroatoms. The maximum atomic E-state index is 12.8. The minimum atomic E-state index is -0.253. The summed E-state index contributed by atoms with van der Waals surface area (Å²) >= 11 is 0. The first-order valence-electron chi connectivity index (χ1n) is 12.5. The zero-order chi connectivity index (χ0) is 25.1. The van der Waals surface area contributed by atoms with Crippen LogP contribution in [-0.2, 0) is 11.2 Å². The number of amides is 1. The Morgan fingerprint density at radius 1 is 0.972 bits per heavy atom. The standard InChI is InChI=1S/C28H32N4O4/c1-4-34-22-10-8-20(9-11-22)23-12-13-25(30-29-23)31-14-16-32(17-15-31)26(33)19-35-24-7-5-6-21-18-28(2,3)36-27(21)24/h5-13H,4,14-19H2,1-3H3. The van der Waals surface area contributed by atoms with Gasteiger partial charge >= 0.3 is 0 Å². The van der Waals surface area contributed by atoms with Gasteiger partial charge in [0.05, 0.1) is 12.3 Å². The van der Waals surface area contributed by atoms with Gasteiger partial charge in [0.25, 0.3) is 5.91 Å². The molecule has 0 N–H and O–H groups in total. The van der Waals surface area contributed by atoms with Crippen LogP contribution in [0, 0.1) is 0 Å². The zero-order valence-corrected chi connectivity index (χ0v) is 21.1. The van der Waals surface area contributed by atoms with Crippen LogP contribution in [-0.4, -0.2) is 66.0 Å². The summed E-state index contributed by atoms with van der Waals surface area (Å²) in [6.45, 7) is 9.33. The van der Waals surface area contributed by atoms with Crippen molar-refractivity contribution in [3.05, 3.63) is 60.2 Å². The molecule has 0 saturated carbocycles. The zero-order valence-electron chi connectivity index (χ0n) is 21.1. The van der Waals surface area contributed by atoms with E-state index in [1.807, 2.05) is 66.4 Å². The number of aromatic nitrogens is 2. The molecule has 1 saturated heterocycles. The van der Waals surface area contributed by atoms with Crippen molar-refractivity contribution in [2.45, 2.75) is 32.8 Å². The van der Waals surface area contributed by atoms with Crippen LogP contribution in [0.25, 0.3) is 11.3 Å². The molecule has 2 aliphatic rings. The van der Waals surface area contributed by atoms with Crippen molar-refractivity contribution < 1.29 is 19.0 Å². The van der Waals surface area contributed by atoms with E-state index < -0.39 is 0 Å². The number of carbonyl (C=O) groups is 1. The molecule has 36 heavy (non-hydrogen) atoms. The molecule has 3 aromatic rings. The highest BCUT2D eigenvalue weighted by Gasteiger charge is 2.32. The summed E-state index contributed by atoms with van der Waals surface area (Å²) in [5.41, 5.74) is 2.67. The van der Waals surface area contributed by atoms with Crippen molar-refractivity contribution in [2.24, 2.45) is 0 Å². The van der Waals surface area contributed by atoms with Gasteiger partial charge in [-0.3, -0.25) is 4.79 Å². The lowest BCUT2D eigenvalue weighted by molar-refractivity contribution is -0.133. The fourth-order valence-corrected chi connectivity index (χ4v) is 4.65. The number of benzene rings is 2. The van der Waals surface area contributed by atoms with Gasteiger partial charge in [0.15, 0.2) is 23.9 Å². The van der Waals surface area contributed by atoms with Gasteiger partial charge in [-0.1, -0.05) is 12.1 Å². The monoisotopic (exact) mass is 488 g/mol. The van der Waals surface area contributed by atoms with Gasteiger partial charge in [0.2, 0.25) is 0 Å². The maximum Gasteiger partial charge on any atom is 0.260 e. The number of hydrogen-bond donors (Lipinski definition) is 0. The molecule has 2 aliphatic heterocycles. The third kappa shape index (κ3) is 5.22. The first-order chi connectivity index (χ1) is 17.4. The lowest BCUT2D eigenvalue weighted by Gasteiger charge is -2.35. The van der Waals surface area contributed by atoms with Crippen LogP contribution in [0.3, 0.4) is 0 Å². The normalized spacial score (nSPS) is 16.3. The summed E-state index contributed by atoms with van der Waals surface area (Å²) < 4.78 is 17.4. The Hall–Kier alpha value is -3.81. The number of carbonyl (C=O) groups excluding carboxylic acids is 1. The second kappa shape index (κ2) is 10.0. The summed E-state index contributed by atoms with van der Waals surface area (Å²) in [5.74, 6) is 3.02. The SMILES string of the molecule is CCOc1ccc(-c2ccc(N3CCN(C(=O)COc4cccc5c4OC(C)(C)C5)CC3)nn2)cc1. The van der Waals surface area contributed by atoms with Gasteiger partial charge in [-0.05, 0) is 63.2 Å². The number of para-hydroxylation sites is 1. The number of fused-ring (bicyclic) bond motifs is 1. The number of nitrogens with zero attached hydrogens (tertiary/aromatic N) is 4. The van der Waals surface area contributed by atoms with Gasteiger partial charge in [-0.15, -0.1) is 10.2 Å². The largest absolute Gasteiger partial charge is 0.494 e. The molecular weight excluding hydrogens is 456 g/mol. The fraction of sp³-hybridized carbons (Fsp3) is 0.393. The Morgan fingerprint density at radius 2 is 1.75 bits per heavy atom. The Bertz CT molecular complexity index is 1200. The van der Waals surface area contributed by atoms with E-state index >= 15 is 0 Å². The Morgan fingerprint density at radius 3 is 2.44 bits per heavy atom. The van der Waals surface area contributed by atoms with Crippen molar-refractivity contribution in [2.75, 3.05) is 44.3 Å². The van der Waals surface area contributed by atoms with Crippen LogP contribution in [0.15, 0.2) is 54.6 Å². The molecule has 3 heterocycles. The quantitative estimate of drug-likeness (QED) is 0.498. The summed E-state index contributed by atoms with van der Waals surface area (Å²) in [4.78, 5) is 16.8. The van der Waals surface area contributed by atoms with Crippen molar-refractivity contribution >= 4 is 11.7 Å². The molecule has 8 nitrogen and oxygen atoms in total. The second-order valence-electron chi connectivity index (χ2n) is 9.67. The Balaban J connectivity index is 1.13. The van der Waals surface area contributed by atoms with Gasteiger partial charge in [0.1, 0.15) is 11.4 Å². The van der Waals surface area contributed by atoms with E-state index in [4.69, 9.17) is 14.2 Å². The molecule has 0 aliphatic carbocycles. The fourth-order valence-electron chi connectivity index (χ4n) is 4.65. The molecule has 1 aromatic heterocycles.